The lowest BCUT2D eigenvalue weighted by molar-refractivity contribution is -0.150. The number of amides is 1. The SMILES string of the molecule is CC(=O)NC12CCCC(C(=O)O)(CC1)C2. The van der Waals surface area contributed by atoms with Gasteiger partial charge in [-0.15, -0.1) is 0 Å². The van der Waals surface area contributed by atoms with Crippen LogP contribution in [-0.2, 0) is 9.59 Å². The van der Waals surface area contributed by atoms with Crippen LogP contribution < -0.4 is 5.32 Å². The second-order valence-electron chi connectivity index (χ2n) is 5.08. The number of hydrogen-bond donors (Lipinski definition) is 2. The average molecular weight is 211 g/mol. The predicted octanol–water partition coefficient (Wildman–Crippen LogP) is 1.30. The third-order valence-corrected chi connectivity index (χ3v) is 3.96. The molecule has 84 valence electrons. The highest BCUT2D eigenvalue weighted by Gasteiger charge is 2.55. The van der Waals surface area contributed by atoms with Crippen LogP contribution in [0.15, 0.2) is 0 Å². The first kappa shape index (κ1) is 10.5. The van der Waals surface area contributed by atoms with E-state index >= 15 is 0 Å². The van der Waals surface area contributed by atoms with Crippen molar-refractivity contribution < 1.29 is 14.7 Å². The quantitative estimate of drug-likeness (QED) is 0.723. The van der Waals surface area contributed by atoms with E-state index in [9.17, 15) is 14.7 Å². The molecular weight excluding hydrogens is 194 g/mol. The largest absolute Gasteiger partial charge is 0.481 e. The number of carbonyl (C=O) groups is 2. The maximum absolute atomic E-state index is 11.2. The van der Waals surface area contributed by atoms with Crippen LogP contribution in [0.4, 0.5) is 0 Å². The molecule has 0 aromatic rings. The van der Waals surface area contributed by atoms with Crippen molar-refractivity contribution >= 4 is 11.9 Å². The smallest absolute Gasteiger partial charge is 0.309 e. The van der Waals surface area contributed by atoms with Crippen molar-refractivity contribution in [2.75, 3.05) is 0 Å². The Bertz CT molecular complexity index is 315. The molecular formula is C11H17NO3. The van der Waals surface area contributed by atoms with E-state index in [4.69, 9.17) is 0 Å². The van der Waals surface area contributed by atoms with Gasteiger partial charge < -0.3 is 10.4 Å². The molecule has 0 saturated heterocycles. The van der Waals surface area contributed by atoms with E-state index in [1.165, 1.54) is 6.92 Å². The summed E-state index contributed by atoms with van der Waals surface area (Å²) in [5.74, 6) is -0.729. The Morgan fingerprint density at radius 3 is 2.53 bits per heavy atom. The van der Waals surface area contributed by atoms with Gasteiger partial charge in [0.15, 0.2) is 0 Å². The topological polar surface area (TPSA) is 66.4 Å². The molecule has 15 heavy (non-hydrogen) atoms. The van der Waals surface area contributed by atoms with E-state index in [1.807, 2.05) is 0 Å². The number of carboxylic acids is 1. The molecule has 0 aliphatic heterocycles. The lowest BCUT2D eigenvalue weighted by atomic mass is 9.73. The average Bonchev–Trinajstić information content (AvgIpc) is 2.38. The number of carboxylic acid groups (broad SMARTS) is 1. The molecule has 0 heterocycles. The van der Waals surface area contributed by atoms with Gasteiger partial charge in [0.05, 0.1) is 5.41 Å². The first-order valence-electron chi connectivity index (χ1n) is 5.50. The summed E-state index contributed by atoms with van der Waals surface area (Å²) in [5, 5.41) is 12.2. The number of nitrogens with one attached hydrogen (secondary N) is 1. The fraction of sp³-hybridized carbons (Fsp3) is 0.818. The minimum atomic E-state index is -0.686. The Labute approximate surface area is 89.0 Å². The highest BCUT2D eigenvalue weighted by Crippen LogP contribution is 2.53. The number of carbonyl (C=O) groups excluding carboxylic acids is 1. The van der Waals surface area contributed by atoms with Crippen LogP contribution in [-0.4, -0.2) is 22.5 Å². The van der Waals surface area contributed by atoms with Gasteiger partial charge in [0, 0.05) is 12.5 Å². The Balaban J connectivity index is 2.19. The van der Waals surface area contributed by atoms with Gasteiger partial charge in [-0.1, -0.05) is 0 Å². The highest BCUT2D eigenvalue weighted by atomic mass is 16.4. The zero-order valence-corrected chi connectivity index (χ0v) is 9.01. The number of fused-ring (bicyclic) bond motifs is 2. The minimum Gasteiger partial charge on any atom is -0.481 e. The van der Waals surface area contributed by atoms with Gasteiger partial charge in [-0.05, 0) is 38.5 Å². The molecule has 2 bridgehead atoms. The molecule has 2 atom stereocenters. The van der Waals surface area contributed by atoms with Crippen molar-refractivity contribution in [2.45, 2.75) is 51.0 Å². The van der Waals surface area contributed by atoms with E-state index in [-0.39, 0.29) is 11.4 Å². The first-order chi connectivity index (χ1) is 6.98. The second-order valence-corrected chi connectivity index (χ2v) is 5.08. The van der Waals surface area contributed by atoms with Crippen molar-refractivity contribution in [3.63, 3.8) is 0 Å². The summed E-state index contributed by atoms with van der Waals surface area (Å²) >= 11 is 0. The predicted molar refractivity (Wildman–Crippen MR) is 54.3 cm³/mol. The lowest BCUT2D eigenvalue weighted by Crippen LogP contribution is -2.49. The van der Waals surface area contributed by atoms with Gasteiger partial charge in [0.2, 0.25) is 5.91 Å². The summed E-state index contributed by atoms with van der Waals surface area (Å²) in [6.07, 6.45) is 4.76. The maximum atomic E-state index is 11.2. The molecule has 4 nitrogen and oxygen atoms in total. The summed E-state index contributed by atoms with van der Waals surface area (Å²) < 4.78 is 0. The Morgan fingerprint density at radius 1 is 1.20 bits per heavy atom. The fourth-order valence-corrected chi connectivity index (χ4v) is 3.33. The molecule has 2 N–H and O–H groups in total. The zero-order valence-electron chi connectivity index (χ0n) is 9.01. The maximum Gasteiger partial charge on any atom is 0.309 e. The molecule has 2 aliphatic rings. The van der Waals surface area contributed by atoms with Gasteiger partial charge in [-0.2, -0.15) is 0 Å². The molecule has 0 radical (unpaired) electrons. The summed E-state index contributed by atoms with van der Waals surface area (Å²) in [4.78, 5) is 22.4. The van der Waals surface area contributed by atoms with Gasteiger partial charge in [-0.3, -0.25) is 9.59 Å². The second kappa shape index (κ2) is 3.22. The Kier molecular flexibility index (Phi) is 2.24. The molecule has 4 heteroatoms. The molecule has 2 fully saturated rings. The van der Waals surface area contributed by atoms with E-state index in [0.717, 1.165) is 25.7 Å². The van der Waals surface area contributed by atoms with Crippen LogP contribution in [0, 0.1) is 5.41 Å². The standard InChI is InChI=1S/C11H17NO3/c1-8(13)12-11-4-2-3-10(7-11,5-6-11)9(14)15/h2-7H2,1H3,(H,12,13)(H,14,15). The monoisotopic (exact) mass is 211 g/mol. The third kappa shape index (κ3) is 1.62. The van der Waals surface area contributed by atoms with Crippen molar-refractivity contribution in [3.8, 4) is 0 Å². The summed E-state index contributed by atoms with van der Waals surface area (Å²) in [6.45, 7) is 1.50. The minimum absolute atomic E-state index is 0.0434. The van der Waals surface area contributed by atoms with Crippen LogP contribution in [0.5, 0.6) is 0 Å². The van der Waals surface area contributed by atoms with Gasteiger partial charge in [0.1, 0.15) is 0 Å². The number of aliphatic carboxylic acids is 1. The van der Waals surface area contributed by atoms with E-state index in [0.29, 0.717) is 12.8 Å². The van der Waals surface area contributed by atoms with Crippen LogP contribution in [0.25, 0.3) is 0 Å². The van der Waals surface area contributed by atoms with E-state index < -0.39 is 11.4 Å². The Hall–Kier alpha value is -1.06. The van der Waals surface area contributed by atoms with Gasteiger partial charge in [-0.25, -0.2) is 0 Å². The van der Waals surface area contributed by atoms with Crippen molar-refractivity contribution in [2.24, 2.45) is 5.41 Å². The van der Waals surface area contributed by atoms with Crippen molar-refractivity contribution in [1.29, 1.82) is 0 Å². The lowest BCUT2D eigenvalue weighted by Gasteiger charge is -2.37. The van der Waals surface area contributed by atoms with Crippen molar-refractivity contribution in [3.05, 3.63) is 0 Å². The Morgan fingerprint density at radius 2 is 1.93 bits per heavy atom. The van der Waals surface area contributed by atoms with Crippen LogP contribution in [0.2, 0.25) is 0 Å². The third-order valence-electron chi connectivity index (χ3n) is 3.96. The van der Waals surface area contributed by atoms with E-state index in [2.05, 4.69) is 5.32 Å². The summed E-state index contributed by atoms with van der Waals surface area (Å²) in [7, 11) is 0. The normalized spacial score (nSPS) is 38.7. The van der Waals surface area contributed by atoms with E-state index in [1.54, 1.807) is 0 Å². The number of rotatable bonds is 2. The highest BCUT2D eigenvalue weighted by molar-refractivity contribution is 5.77. The summed E-state index contributed by atoms with van der Waals surface area (Å²) in [6, 6.07) is 0. The zero-order chi connectivity index (χ0) is 11.1. The van der Waals surface area contributed by atoms with Gasteiger partial charge in [0.25, 0.3) is 0 Å². The molecule has 2 saturated carbocycles. The van der Waals surface area contributed by atoms with Crippen LogP contribution >= 0.6 is 0 Å². The molecule has 2 unspecified atom stereocenters. The molecule has 0 aromatic carbocycles. The molecule has 2 aliphatic carbocycles. The fourth-order valence-electron chi connectivity index (χ4n) is 3.33. The summed E-state index contributed by atoms with van der Waals surface area (Å²) in [5.41, 5.74) is -0.775. The van der Waals surface area contributed by atoms with Crippen LogP contribution in [0.3, 0.4) is 0 Å². The van der Waals surface area contributed by atoms with Crippen LogP contribution in [0.1, 0.15) is 45.4 Å². The molecule has 0 spiro atoms. The number of hydrogen-bond acceptors (Lipinski definition) is 2. The molecule has 2 rings (SSSR count). The first-order valence-corrected chi connectivity index (χ1v) is 5.50. The van der Waals surface area contributed by atoms with Crippen molar-refractivity contribution in [1.82, 2.24) is 5.32 Å². The molecule has 1 amide bonds. The molecule has 0 aromatic heterocycles. The van der Waals surface area contributed by atoms with Gasteiger partial charge >= 0.3 is 5.97 Å².